The van der Waals surface area contributed by atoms with Crippen LogP contribution in [0, 0.1) is 0 Å². The molecule has 2 N–H and O–H groups in total. The van der Waals surface area contributed by atoms with Gasteiger partial charge in [0, 0.05) is 24.7 Å². The summed E-state index contributed by atoms with van der Waals surface area (Å²) in [6.07, 6.45) is 3.19. The number of anilines is 1. The molecule has 2 aromatic rings. The Morgan fingerprint density at radius 2 is 2.09 bits per heavy atom. The lowest BCUT2D eigenvalue weighted by Crippen LogP contribution is -2.43. The van der Waals surface area contributed by atoms with Crippen molar-refractivity contribution in [2.24, 2.45) is 0 Å². The fraction of sp³-hybridized carbons (Fsp3) is 0.188. The Morgan fingerprint density at radius 1 is 1.30 bits per heavy atom. The number of hydrogen-bond donors (Lipinski definition) is 2. The highest BCUT2D eigenvalue weighted by Crippen LogP contribution is 2.10. The molecule has 0 radical (unpaired) electrons. The van der Waals surface area contributed by atoms with Gasteiger partial charge in [0.05, 0.1) is 0 Å². The van der Waals surface area contributed by atoms with Crippen molar-refractivity contribution in [3.05, 3.63) is 60.1 Å². The molecular weight excluding hydrogens is 312 g/mol. The number of nitrogens with zero attached hydrogens (tertiary/aromatic N) is 2. The Labute approximate surface area is 138 Å². The Morgan fingerprint density at radius 3 is 2.74 bits per heavy atom. The standard InChI is InChI=1S/C16H18N4O2S/c1-2-9-20(12-14(21)19-15-17-8-10-23-15)16(22)18-11-13-6-4-3-5-7-13/h2-8,10H,1,9,11-12H2,(H,18,22)(H,17,19,21). The van der Waals surface area contributed by atoms with Gasteiger partial charge in [-0.2, -0.15) is 0 Å². The second-order valence-electron chi connectivity index (χ2n) is 4.70. The number of amides is 3. The Balaban J connectivity index is 1.87. The van der Waals surface area contributed by atoms with Gasteiger partial charge >= 0.3 is 6.03 Å². The summed E-state index contributed by atoms with van der Waals surface area (Å²) in [5, 5.41) is 7.73. The third kappa shape index (κ3) is 5.55. The third-order valence-electron chi connectivity index (χ3n) is 2.94. The molecule has 0 aliphatic rings. The smallest absolute Gasteiger partial charge is 0.318 e. The van der Waals surface area contributed by atoms with E-state index >= 15 is 0 Å². The van der Waals surface area contributed by atoms with Crippen LogP contribution in [0.15, 0.2) is 54.6 Å². The lowest BCUT2D eigenvalue weighted by molar-refractivity contribution is -0.116. The first-order valence-electron chi connectivity index (χ1n) is 7.06. The van der Waals surface area contributed by atoms with Gasteiger partial charge in [-0.05, 0) is 5.56 Å². The molecule has 2 rings (SSSR count). The van der Waals surface area contributed by atoms with Gasteiger partial charge in [-0.15, -0.1) is 17.9 Å². The van der Waals surface area contributed by atoms with Crippen molar-refractivity contribution >= 4 is 28.4 Å². The SMILES string of the molecule is C=CCN(CC(=O)Nc1nccs1)C(=O)NCc1ccccc1. The highest BCUT2D eigenvalue weighted by molar-refractivity contribution is 7.13. The molecule has 1 heterocycles. The summed E-state index contributed by atoms with van der Waals surface area (Å²) in [6, 6.07) is 9.26. The summed E-state index contributed by atoms with van der Waals surface area (Å²) in [5.41, 5.74) is 0.992. The number of rotatable bonds is 7. The number of thiazole rings is 1. The molecule has 1 aromatic carbocycles. The zero-order chi connectivity index (χ0) is 16.5. The number of nitrogens with one attached hydrogen (secondary N) is 2. The molecule has 0 atom stereocenters. The zero-order valence-corrected chi connectivity index (χ0v) is 13.4. The van der Waals surface area contributed by atoms with E-state index in [0.717, 1.165) is 5.56 Å². The van der Waals surface area contributed by atoms with Crippen molar-refractivity contribution < 1.29 is 9.59 Å². The van der Waals surface area contributed by atoms with Crippen molar-refractivity contribution in [3.63, 3.8) is 0 Å². The highest BCUT2D eigenvalue weighted by Gasteiger charge is 2.16. The van der Waals surface area contributed by atoms with Gasteiger partial charge in [-0.25, -0.2) is 9.78 Å². The van der Waals surface area contributed by atoms with E-state index in [0.29, 0.717) is 11.7 Å². The fourth-order valence-electron chi connectivity index (χ4n) is 1.88. The van der Waals surface area contributed by atoms with Gasteiger partial charge in [-0.1, -0.05) is 36.4 Å². The Hall–Kier alpha value is -2.67. The minimum atomic E-state index is -0.317. The molecule has 1 aromatic heterocycles. The van der Waals surface area contributed by atoms with Crippen LogP contribution in [-0.4, -0.2) is 34.9 Å². The maximum absolute atomic E-state index is 12.2. The maximum Gasteiger partial charge on any atom is 0.318 e. The first kappa shape index (κ1) is 16.7. The number of carbonyl (C=O) groups is 2. The predicted octanol–water partition coefficient (Wildman–Crippen LogP) is 2.48. The average Bonchev–Trinajstić information content (AvgIpc) is 3.06. The molecule has 0 bridgehead atoms. The lowest BCUT2D eigenvalue weighted by Gasteiger charge is -2.20. The molecule has 0 aliphatic carbocycles. The van der Waals surface area contributed by atoms with Crippen molar-refractivity contribution in [3.8, 4) is 0 Å². The van der Waals surface area contributed by atoms with E-state index in [1.807, 2.05) is 30.3 Å². The van der Waals surface area contributed by atoms with E-state index in [-0.39, 0.29) is 25.0 Å². The molecule has 3 amide bonds. The topological polar surface area (TPSA) is 74.3 Å². The summed E-state index contributed by atoms with van der Waals surface area (Å²) in [7, 11) is 0. The van der Waals surface area contributed by atoms with E-state index in [9.17, 15) is 9.59 Å². The minimum Gasteiger partial charge on any atom is -0.334 e. The Kier molecular flexibility index (Phi) is 6.31. The van der Waals surface area contributed by atoms with Gasteiger partial charge in [0.1, 0.15) is 6.54 Å². The van der Waals surface area contributed by atoms with E-state index < -0.39 is 0 Å². The van der Waals surface area contributed by atoms with Crippen molar-refractivity contribution in [2.75, 3.05) is 18.4 Å². The molecular formula is C16H18N4O2S. The maximum atomic E-state index is 12.2. The van der Waals surface area contributed by atoms with E-state index in [2.05, 4.69) is 22.2 Å². The van der Waals surface area contributed by atoms with Crippen LogP contribution in [0.5, 0.6) is 0 Å². The molecule has 120 valence electrons. The van der Waals surface area contributed by atoms with Crippen molar-refractivity contribution in [2.45, 2.75) is 6.54 Å². The minimum absolute atomic E-state index is 0.0633. The van der Waals surface area contributed by atoms with Crippen LogP contribution in [0.4, 0.5) is 9.93 Å². The molecule has 0 spiro atoms. The normalized spacial score (nSPS) is 9.91. The highest BCUT2D eigenvalue weighted by atomic mass is 32.1. The van der Waals surface area contributed by atoms with Gasteiger partial charge in [-0.3, -0.25) is 4.79 Å². The molecule has 7 heteroatoms. The molecule has 0 unspecified atom stereocenters. The second-order valence-corrected chi connectivity index (χ2v) is 5.59. The van der Waals surface area contributed by atoms with Gasteiger partial charge in [0.2, 0.25) is 5.91 Å². The Bertz CT molecular complexity index is 643. The van der Waals surface area contributed by atoms with Crippen LogP contribution in [0.2, 0.25) is 0 Å². The summed E-state index contributed by atoms with van der Waals surface area (Å²) in [6.45, 7) is 4.25. The first-order valence-corrected chi connectivity index (χ1v) is 7.94. The van der Waals surface area contributed by atoms with Crippen LogP contribution in [-0.2, 0) is 11.3 Å². The monoisotopic (exact) mass is 330 g/mol. The largest absolute Gasteiger partial charge is 0.334 e. The average molecular weight is 330 g/mol. The number of hydrogen-bond acceptors (Lipinski definition) is 4. The number of aromatic nitrogens is 1. The second kappa shape index (κ2) is 8.70. The molecule has 0 aliphatic heterocycles. The van der Waals surface area contributed by atoms with Gasteiger partial charge < -0.3 is 15.5 Å². The predicted molar refractivity (Wildman–Crippen MR) is 91.2 cm³/mol. The molecule has 0 fully saturated rings. The quantitative estimate of drug-likeness (QED) is 0.766. The molecule has 0 saturated heterocycles. The third-order valence-corrected chi connectivity index (χ3v) is 3.62. The fourth-order valence-corrected chi connectivity index (χ4v) is 2.42. The summed E-state index contributed by atoms with van der Waals surface area (Å²) in [4.78, 5) is 29.6. The van der Waals surface area contributed by atoms with Gasteiger partial charge in [0.15, 0.2) is 5.13 Å². The van der Waals surface area contributed by atoms with E-state index in [1.54, 1.807) is 17.7 Å². The number of carbonyl (C=O) groups excluding carboxylic acids is 2. The molecule has 0 saturated carbocycles. The van der Waals surface area contributed by atoms with E-state index in [4.69, 9.17) is 0 Å². The van der Waals surface area contributed by atoms with Crippen LogP contribution >= 0.6 is 11.3 Å². The van der Waals surface area contributed by atoms with Crippen LogP contribution in [0.25, 0.3) is 0 Å². The molecule has 6 nitrogen and oxygen atoms in total. The first-order chi connectivity index (χ1) is 11.2. The zero-order valence-electron chi connectivity index (χ0n) is 12.6. The van der Waals surface area contributed by atoms with E-state index in [1.165, 1.54) is 16.2 Å². The van der Waals surface area contributed by atoms with Crippen molar-refractivity contribution in [1.29, 1.82) is 0 Å². The van der Waals surface area contributed by atoms with Gasteiger partial charge in [0.25, 0.3) is 0 Å². The molecule has 23 heavy (non-hydrogen) atoms. The van der Waals surface area contributed by atoms with Crippen LogP contribution < -0.4 is 10.6 Å². The number of urea groups is 1. The summed E-state index contributed by atoms with van der Waals surface area (Å²) in [5.74, 6) is -0.295. The summed E-state index contributed by atoms with van der Waals surface area (Å²) < 4.78 is 0. The van der Waals surface area contributed by atoms with Crippen molar-refractivity contribution in [1.82, 2.24) is 15.2 Å². The van der Waals surface area contributed by atoms with Crippen LogP contribution in [0.3, 0.4) is 0 Å². The summed E-state index contributed by atoms with van der Waals surface area (Å²) >= 11 is 1.33. The number of benzene rings is 1. The lowest BCUT2D eigenvalue weighted by atomic mass is 10.2. The van der Waals surface area contributed by atoms with Crippen LogP contribution in [0.1, 0.15) is 5.56 Å².